The van der Waals surface area contributed by atoms with Crippen LogP contribution in [0.4, 0.5) is 13.2 Å². The van der Waals surface area contributed by atoms with Gasteiger partial charge in [0.15, 0.2) is 0 Å². The van der Waals surface area contributed by atoms with Gasteiger partial charge >= 0.3 is 5.97 Å². The molecule has 0 aliphatic heterocycles. The number of halogens is 3. The van der Waals surface area contributed by atoms with E-state index < -0.39 is 40.7 Å². The van der Waals surface area contributed by atoms with Crippen LogP contribution in [0.25, 0.3) is 10.8 Å². The molecule has 0 spiro atoms. The van der Waals surface area contributed by atoms with Crippen LogP contribution in [0.3, 0.4) is 0 Å². The van der Waals surface area contributed by atoms with Crippen LogP contribution in [0.2, 0.25) is 0 Å². The van der Waals surface area contributed by atoms with Crippen molar-refractivity contribution >= 4 is 22.6 Å². The molecule has 2 aromatic rings. The molecule has 0 saturated heterocycles. The Balaban J connectivity index is 1.29. The number of aliphatic hydroxyl groups is 1. The molecule has 0 heterocycles. The first-order valence-corrected chi connectivity index (χ1v) is 13.9. The van der Waals surface area contributed by atoms with E-state index in [4.69, 9.17) is 4.74 Å². The van der Waals surface area contributed by atoms with Crippen LogP contribution in [0.5, 0.6) is 5.75 Å². The first-order valence-electron chi connectivity index (χ1n) is 13.9. The quantitative estimate of drug-likeness (QED) is 0.415. The van der Waals surface area contributed by atoms with Gasteiger partial charge in [0.25, 0.3) is 5.91 Å². The van der Waals surface area contributed by atoms with Crippen molar-refractivity contribution in [2.75, 3.05) is 6.61 Å². The average Bonchev–Trinajstić information content (AvgIpc) is 2.84. The fraction of sp³-hybridized carbons (Fsp3) is 0.600. The Labute approximate surface area is 224 Å². The number of nitrogens with one attached hydrogen (secondary N) is 1. The van der Waals surface area contributed by atoms with E-state index in [1.54, 1.807) is 6.07 Å². The number of fused-ring (bicyclic) bond motifs is 1. The second-order valence-electron chi connectivity index (χ2n) is 12.7. The number of carboxylic acids is 1. The van der Waals surface area contributed by atoms with Gasteiger partial charge in [-0.25, -0.2) is 18.0 Å². The van der Waals surface area contributed by atoms with Gasteiger partial charge in [-0.3, -0.25) is 4.79 Å². The lowest BCUT2D eigenvalue weighted by Crippen LogP contribution is -2.64. The lowest BCUT2D eigenvalue weighted by Gasteiger charge is -2.61. The molecule has 5 fully saturated rings. The first kappa shape index (κ1) is 26.4. The van der Waals surface area contributed by atoms with Gasteiger partial charge < -0.3 is 20.3 Å². The molecule has 7 rings (SSSR count). The lowest BCUT2D eigenvalue weighted by atomic mass is 9.46. The van der Waals surface area contributed by atoms with E-state index in [1.807, 2.05) is 0 Å². The largest absolute Gasteiger partial charge is 0.492 e. The van der Waals surface area contributed by atoms with Gasteiger partial charge in [0.1, 0.15) is 17.6 Å². The van der Waals surface area contributed by atoms with E-state index in [9.17, 15) is 33.0 Å². The zero-order valence-electron chi connectivity index (χ0n) is 21.7. The molecule has 3 unspecified atom stereocenters. The summed E-state index contributed by atoms with van der Waals surface area (Å²) >= 11 is 0. The molecule has 6 nitrogen and oxygen atoms in total. The van der Waals surface area contributed by atoms with Crippen molar-refractivity contribution in [1.82, 2.24) is 5.32 Å². The Morgan fingerprint density at radius 3 is 2.38 bits per heavy atom. The molecule has 3 atom stereocenters. The summed E-state index contributed by atoms with van der Waals surface area (Å²) in [5.74, 6) is -4.32. The van der Waals surface area contributed by atoms with Gasteiger partial charge in [-0.2, -0.15) is 0 Å². The summed E-state index contributed by atoms with van der Waals surface area (Å²) in [7, 11) is 0. The van der Waals surface area contributed by atoms with Crippen molar-refractivity contribution in [3.05, 3.63) is 41.7 Å². The monoisotopic (exact) mass is 545 g/mol. The summed E-state index contributed by atoms with van der Waals surface area (Å²) in [4.78, 5) is 26.3. The van der Waals surface area contributed by atoms with Crippen LogP contribution >= 0.6 is 0 Å². The molecule has 3 N–H and O–H groups in total. The van der Waals surface area contributed by atoms with Crippen LogP contribution in [0.15, 0.2) is 30.3 Å². The Bertz CT molecular complexity index is 1290. The predicted octanol–water partition coefficient (Wildman–Crippen LogP) is 5.70. The number of aliphatic carboxylic acids is 1. The number of alkyl halides is 2. The van der Waals surface area contributed by atoms with Gasteiger partial charge in [0.05, 0.1) is 17.8 Å². The minimum atomic E-state index is -2.67. The SMILES string of the molecule is O=C(NC(C(=O)O)C12CC3CC(CC(O)(C3)C1)C2)c1ccc2cc(F)ccc2c1OCC1CCC(F)(F)CC1. The molecular weight excluding hydrogens is 511 g/mol. The molecule has 1 amide bonds. The summed E-state index contributed by atoms with van der Waals surface area (Å²) < 4.78 is 47.3. The third-order valence-electron chi connectivity index (χ3n) is 9.69. The Hall–Kier alpha value is -2.81. The van der Waals surface area contributed by atoms with E-state index in [-0.39, 0.29) is 48.5 Å². The second kappa shape index (κ2) is 9.39. The number of hydrogen-bond donors (Lipinski definition) is 3. The molecule has 5 aliphatic carbocycles. The minimum Gasteiger partial charge on any atom is -0.492 e. The Kier molecular flexibility index (Phi) is 6.36. The molecule has 0 radical (unpaired) electrons. The standard InChI is InChI=1S/C30H34F3NO5/c31-21-2-4-22-20(10-21)1-3-23(24(22)39-15-17-5-7-30(32,33)8-6-17)26(35)34-25(27(36)37)28-11-18-9-19(12-28)14-29(38,13-18)16-28/h1-4,10,17-19,25,38H,5-9,11-16H2,(H,34,35)(H,36,37). The van der Waals surface area contributed by atoms with E-state index >= 15 is 0 Å². The van der Waals surface area contributed by atoms with Crippen molar-refractivity contribution < 1.29 is 37.7 Å². The summed E-state index contributed by atoms with van der Waals surface area (Å²) in [6.07, 6.45) is 4.14. The van der Waals surface area contributed by atoms with Crippen molar-refractivity contribution in [3.63, 3.8) is 0 Å². The highest BCUT2D eigenvalue weighted by Gasteiger charge is 2.61. The molecule has 9 heteroatoms. The molecule has 5 saturated carbocycles. The van der Waals surface area contributed by atoms with Crippen molar-refractivity contribution in [1.29, 1.82) is 0 Å². The predicted molar refractivity (Wildman–Crippen MR) is 137 cm³/mol. The van der Waals surface area contributed by atoms with Crippen LogP contribution in [-0.2, 0) is 4.79 Å². The summed E-state index contributed by atoms with van der Waals surface area (Å²) in [5, 5.41) is 25.2. The highest BCUT2D eigenvalue weighted by molar-refractivity contribution is 6.05. The molecule has 210 valence electrons. The van der Waals surface area contributed by atoms with Crippen molar-refractivity contribution in [2.24, 2.45) is 23.2 Å². The Morgan fingerprint density at radius 1 is 1.05 bits per heavy atom. The summed E-state index contributed by atoms with van der Waals surface area (Å²) in [5.41, 5.74) is -1.50. The summed E-state index contributed by atoms with van der Waals surface area (Å²) in [6, 6.07) is 5.99. The maximum absolute atomic E-state index is 14.0. The van der Waals surface area contributed by atoms with Crippen LogP contribution < -0.4 is 10.1 Å². The third-order valence-corrected chi connectivity index (χ3v) is 9.69. The lowest BCUT2D eigenvalue weighted by molar-refractivity contribution is -0.181. The molecule has 2 aromatic carbocycles. The zero-order valence-corrected chi connectivity index (χ0v) is 21.7. The van der Waals surface area contributed by atoms with E-state index in [0.717, 1.165) is 6.42 Å². The zero-order chi connectivity index (χ0) is 27.6. The number of amides is 1. The van der Waals surface area contributed by atoms with Gasteiger partial charge in [-0.15, -0.1) is 0 Å². The van der Waals surface area contributed by atoms with Crippen LogP contribution in [0, 0.1) is 29.0 Å². The second-order valence-corrected chi connectivity index (χ2v) is 12.7. The number of ether oxygens (including phenoxy) is 1. The van der Waals surface area contributed by atoms with Crippen LogP contribution in [-0.4, -0.2) is 46.3 Å². The van der Waals surface area contributed by atoms with Crippen molar-refractivity contribution in [3.8, 4) is 5.75 Å². The van der Waals surface area contributed by atoms with Crippen molar-refractivity contribution in [2.45, 2.75) is 81.8 Å². The number of rotatable bonds is 7. The fourth-order valence-corrected chi connectivity index (χ4v) is 8.38. The van der Waals surface area contributed by atoms with E-state index in [2.05, 4.69) is 5.32 Å². The maximum Gasteiger partial charge on any atom is 0.326 e. The molecule has 39 heavy (non-hydrogen) atoms. The smallest absolute Gasteiger partial charge is 0.326 e. The van der Waals surface area contributed by atoms with Gasteiger partial charge in [0, 0.05) is 23.6 Å². The van der Waals surface area contributed by atoms with E-state index in [1.165, 1.54) is 24.3 Å². The molecular formula is C30H34F3NO5. The van der Waals surface area contributed by atoms with Crippen LogP contribution in [0.1, 0.15) is 74.6 Å². The fourth-order valence-electron chi connectivity index (χ4n) is 8.38. The number of carboxylic acid groups (broad SMARTS) is 1. The number of carbonyl (C=O) groups excluding carboxylic acids is 1. The number of hydrogen-bond acceptors (Lipinski definition) is 4. The van der Waals surface area contributed by atoms with Gasteiger partial charge in [-0.05, 0) is 98.8 Å². The molecule has 5 aliphatic rings. The summed E-state index contributed by atoms with van der Waals surface area (Å²) in [6.45, 7) is 0.121. The number of benzene rings is 2. The molecule has 0 aromatic heterocycles. The Morgan fingerprint density at radius 2 is 1.74 bits per heavy atom. The van der Waals surface area contributed by atoms with Gasteiger partial charge in [0.2, 0.25) is 5.92 Å². The highest BCUT2D eigenvalue weighted by atomic mass is 19.3. The highest BCUT2D eigenvalue weighted by Crippen LogP contribution is 2.62. The third kappa shape index (κ3) is 4.98. The topological polar surface area (TPSA) is 95.9 Å². The number of carbonyl (C=O) groups is 2. The average molecular weight is 546 g/mol. The maximum atomic E-state index is 14.0. The first-order chi connectivity index (χ1) is 18.4. The minimum absolute atomic E-state index is 0.115. The molecule has 4 bridgehead atoms. The normalized spacial score (nSPS) is 32.2. The van der Waals surface area contributed by atoms with E-state index in [0.29, 0.717) is 55.7 Å². The van der Waals surface area contributed by atoms with Gasteiger partial charge in [-0.1, -0.05) is 6.07 Å².